The zero-order chi connectivity index (χ0) is 17.0. The third kappa shape index (κ3) is 4.07. The summed E-state index contributed by atoms with van der Waals surface area (Å²) < 4.78 is 4.98. The predicted molar refractivity (Wildman–Crippen MR) is 90.8 cm³/mol. The van der Waals surface area contributed by atoms with Crippen molar-refractivity contribution in [2.45, 2.75) is 39.5 Å². The van der Waals surface area contributed by atoms with Crippen LogP contribution in [0.1, 0.15) is 71.4 Å². The molecule has 0 atom stereocenters. The first-order valence-corrected chi connectivity index (χ1v) is 7.85. The third-order valence-electron chi connectivity index (χ3n) is 3.76. The van der Waals surface area contributed by atoms with E-state index in [1.807, 2.05) is 12.1 Å². The number of carbonyl (C=O) groups excluding carboxylic acids is 2. The van der Waals surface area contributed by atoms with Crippen LogP contribution in [-0.4, -0.2) is 11.9 Å². The first kappa shape index (κ1) is 16.9. The van der Waals surface area contributed by atoms with E-state index in [2.05, 4.69) is 27.7 Å². The second-order valence-corrected chi connectivity index (χ2v) is 6.20. The van der Waals surface area contributed by atoms with Gasteiger partial charge in [-0.2, -0.15) is 0 Å². The predicted octanol–water partition coefficient (Wildman–Crippen LogP) is 4.93. The molecule has 0 saturated heterocycles. The zero-order valence-corrected chi connectivity index (χ0v) is 14.0. The summed E-state index contributed by atoms with van der Waals surface area (Å²) >= 11 is 0. The fourth-order valence-corrected chi connectivity index (χ4v) is 2.50. The van der Waals surface area contributed by atoms with E-state index in [9.17, 15) is 9.59 Å². The standard InChI is InChI=1S/C20H22O3/c1-13(2)17-11-10-16(12-18(17)14(3)4)20(22)23-19(21)15-8-6-5-7-9-15/h5-14H,1-4H3. The van der Waals surface area contributed by atoms with Crippen LogP contribution in [0.2, 0.25) is 0 Å². The normalized spacial score (nSPS) is 10.9. The SMILES string of the molecule is CC(C)c1ccc(C(=O)OC(=O)c2ccccc2)cc1C(C)C. The van der Waals surface area contributed by atoms with Crippen LogP contribution in [0.4, 0.5) is 0 Å². The molecular formula is C20H22O3. The van der Waals surface area contributed by atoms with Crippen LogP contribution in [0.5, 0.6) is 0 Å². The van der Waals surface area contributed by atoms with Gasteiger partial charge in [0.15, 0.2) is 0 Å². The van der Waals surface area contributed by atoms with E-state index in [1.54, 1.807) is 36.4 Å². The summed E-state index contributed by atoms with van der Waals surface area (Å²) in [6.45, 7) is 8.42. The highest BCUT2D eigenvalue weighted by Gasteiger charge is 2.18. The number of ether oxygens (including phenoxy) is 1. The average molecular weight is 310 g/mol. The molecule has 0 N–H and O–H groups in total. The molecule has 2 aromatic carbocycles. The summed E-state index contributed by atoms with van der Waals surface area (Å²) in [4.78, 5) is 24.2. The monoisotopic (exact) mass is 310 g/mol. The lowest BCUT2D eigenvalue weighted by Crippen LogP contribution is -2.13. The third-order valence-corrected chi connectivity index (χ3v) is 3.76. The molecule has 0 aliphatic carbocycles. The second kappa shape index (κ2) is 7.23. The zero-order valence-electron chi connectivity index (χ0n) is 14.0. The molecule has 3 nitrogen and oxygen atoms in total. The van der Waals surface area contributed by atoms with Crippen molar-refractivity contribution in [2.24, 2.45) is 0 Å². The van der Waals surface area contributed by atoms with Gasteiger partial charge < -0.3 is 4.74 Å². The van der Waals surface area contributed by atoms with Gasteiger partial charge in [-0.15, -0.1) is 0 Å². The fraction of sp³-hybridized carbons (Fsp3) is 0.300. The molecule has 0 heterocycles. The molecule has 2 rings (SSSR count). The topological polar surface area (TPSA) is 43.4 Å². The van der Waals surface area contributed by atoms with Gasteiger partial charge in [0.2, 0.25) is 0 Å². The van der Waals surface area contributed by atoms with Crippen molar-refractivity contribution in [1.29, 1.82) is 0 Å². The summed E-state index contributed by atoms with van der Waals surface area (Å²) in [5.41, 5.74) is 3.10. The van der Waals surface area contributed by atoms with Crippen molar-refractivity contribution < 1.29 is 14.3 Å². The number of hydrogen-bond acceptors (Lipinski definition) is 3. The minimum atomic E-state index is -0.630. The van der Waals surface area contributed by atoms with Crippen LogP contribution in [0.3, 0.4) is 0 Å². The molecule has 0 aliphatic heterocycles. The van der Waals surface area contributed by atoms with E-state index < -0.39 is 11.9 Å². The van der Waals surface area contributed by atoms with Crippen LogP contribution < -0.4 is 0 Å². The van der Waals surface area contributed by atoms with E-state index in [0.29, 0.717) is 23.0 Å². The molecule has 0 unspecified atom stereocenters. The Kier molecular flexibility index (Phi) is 5.32. The van der Waals surface area contributed by atoms with Crippen LogP contribution in [-0.2, 0) is 4.74 Å². The van der Waals surface area contributed by atoms with Gasteiger partial charge in [0.05, 0.1) is 11.1 Å². The van der Waals surface area contributed by atoms with Gasteiger partial charge in [-0.05, 0) is 47.2 Å². The maximum Gasteiger partial charge on any atom is 0.346 e. The Morgan fingerprint density at radius 1 is 0.739 bits per heavy atom. The Morgan fingerprint density at radius 2 is 1.30 bits per heavy atom. The fourth-order valence-electron chi connectivity index (χ4n) is 2.50. The summed E-state index contributed by atoms with van der Waals surface area (Å²) in [6.07, 6.45) is 0. The van der Waals surface area contributed by atoms with Crippen molar-refractivity contribution in [1.82, 2.24) is 0 Å². The number of benzene rings is 2. The molecule has 120 valence electrons. The number of rotatable bonds is 4. The summed E-state index contributed by atoms with van der Waals surface area (Å²) in [6, 6.07) is 14.0. The van der Waals surface area contributed by atoms with Gasteiger partial charge in [-0.25, -0.2) is 9.59 Å². The van der Waals surface area contributed by atoms with Crippen LogP contribution in [0.25, 0.3) is 0 Å². The Bertz CT molecular complexity index is 700. The lowest BCUT2D eigenvalue weighted by Gasteiger charge is -2.16. The maximum absolute atomic E-state index is 12.2. The molecule has 0 aliphatic rings. The quantitative estimate of drug-likeness (QED) is 0.594. The Morgan fingerprint density at radius 3 is 1.87 bits per heavy atom. The second-order valence-electron chi connectivity index (χ2n) is 6.20. The smallest absolute Gasteiger partial charge is 0.346 e. The van der Waals surface area contributed by atoms with Gasteiger partial charge in [-0.3, -0.25) is 0 Å². The van der Waals surface area contributed by atoms with Gasteiger partial charge in [0.1, 0.15) is 0 Å². The molecule has 0 saturated carbocycles. The van der Waals surface area contributed by atoms with Crippen molar-refractivity contribution in [3.05, 3.63) is 70.8 Å². The summed E-state index contributed by atoms with van der Waals surface area (Å²) in [7, 11) is 0. The van der Waals surface area contributed by atoms with Crippen LogP contribution >= 0.6 is 0 Å². The van der Waals surface area contributed by atoms with E-state index in [4.69, 9.17) is 4.74 Å². The van der Waals surface area contributed by atoms with Gasteiger partial charge in [0, 0.05) is 0 Å². The molecule has 0 radical (unpaired) electrons. The lowest BCUT2D eigenvalue weighted by molar-refractivity contribution is 0.0397. The van der Waals surface area contributed by atoms with Gasteiger partial charge >= 0.3 is 11.9 Å². The average Bonchev–Trinajstić information content (AvgIpc) is 2.54. The minimum absolute atomic E-state index is 0.296. The molecule has 0 amide bonds. The molecule has 2 aromatic rings. The highest BCUT2D eigenvalue weighted by molar-refractivity contribution is 6.02. The summed E-state index contributed by atoms with van der Waals surface area (Å²) in [5.74, 6) is -0.570. The first-order chi connectivity index (χ1) is 10.9. The van der Waals surface area contributed by atoms with Crippen molar-refractivity contribution in [2.75, 3.05) is 0 Å². The maximum atomic E-state index is 12.2. The highest BCUT2D eigenvalue weighted by Crippen LogP contribution is 2.27. The van der Waals surface area contributed by atoms with Crippen LogP contribution in [0.15, 0.2) is 48.5 Å². The Hall–Kier alpha value is -2.42. The lowest BCUT2D eigenvalue weighted by atomic mass is 9.89. The van der Waals surface area contributed by atoms with Gasteiger partial charge in [0.25, 0.3) is 0 Å². The number of esters is 2. The molecule has 0 aromatic heterocycles. The van der Waals surface area contributed by atoms with E-state index in [0.717, 1.165) is 5.56 Å². The molecule has 23 heavy (non-hydrogen) atoms. The van der Waals surface area contributed by atoms with Gasteiger partial charge in [-0.1, -0.05) is 52.0 Å². The number of hydrogen-bond donors (Lipinski definition) is 0. The molecular weight excluding hydrogens is 288 g/mol. The van der Waals surface area contributed by atoms with E-state index in [1.165, 1.54) is 5.56 Å². The summed E-state index contributed by atoms with van der Waals surface area (Å²) in [5, 5.41) is 0. The molecule has 0 spiro atoms. The minimum Gasteiger partial charge on any atom is -0.386 e. The Labute approximate surface area is 137 Å². The van der Waals surface area contributed by atoms with E-state index >= 15 is 0 Å². The molecule has 3 heteroatoms. The van der Waals surface area contributed by atoms with Crippen molar-refractivity contribution >= 4 is 11.9 Å². The van der Waals surface area contributed by atoms with E-state index in [-0.39, 0.29) is 0 Å². The first-order valence-electron chi connectivity index (χ1n) is 7.85. The Balaban J connectivity index is 2.23. The van der Waals surface area contributed by atoms with Crippen molar-refractivity contribution in [3.8, 4) is 0 Å². The van der Waals surface area contributed by atoms with Crippen LogP contribution in [0, 0.1) is 0 Å². The molecule has 0 fully saturated rings. The highest BCUT2D eigenvalue weighted by atomic mass is 16.6. The largest absolute Gasteiger partial charge is 0.386 e. The number of carbonyl (C=O) groups is 2. The molecule has 0 bridgehead atoms. The van der Waals surface area contributed by atoms with Crippen molar-refractivity contribution in [3.63, 3.8) is 0 Å².